The lowest BCUT2D eigenvalue weighted by Gasteiger charge is -2.39. The maximum Gasteiger partial charge on any atom is 0.225 e. The van der Waals surface area contributed by atoms with Gasteiger partial charge in [-0.2, -0.15) is 0 Å². The molecule has 2 saturated heterocycles. The van der Waals surface area contributed by atoms with E-state index in [1.165, 1.54) is 39.0 Å². The van der Waals surface area contributed by atoms with Crippen LogP contribution in [0.3, 0.4) is 0 Å². The second-order valence-electron chi connectivity index (χ2n) is 8.49. The zero-order valence-corrected chi connectivity index (χ0v) is 16.0. The molecule has 1 aromatic rings. The summed E-state index contributed by atoms with van der Waals surface area (Å²) in [5.41, 5.74) is 0.929. The number of hydrogen-bond donors (Lipinski definition) is 1. The number of halogens is 1. The van der Waals surface area contributed by atoms with Crippen molar-refractivity contribution in [3.05, 3.63) is 34.9 Å². The van der Waals surface area contributed by atoms with Crippen LogP contribution in [0.4, 0.5) is 0 Å². The summed E-state index contributed by atoms with van der Waals surface area (Å²) in [5.74, 6) is 2.37. The van der Waals surface area contributed by atoms with Crippen LogP contribution in [0.2, 0.25) is 5.02 Å². The van der Waals surface area contributed by atoms with Crippen LogP contribution < -0.4 is 5.32 Å². The molecule has 4 aliphatic rings. The van der Waals surface area contributed by atoms with E-state index < -0.39 is 0 Å². The van der Waals surface area contributed by atoms with Crippen molar-refractivity contribution in [2.45, 2.75) is 57.5 Å². The molecule has 3 unspecified atom stereocenters. The van der Waals surface area contributed by atoms with Gasteiger partial charge < -0.3 is 10.2 Å². The number of fused-ring (bicyclic) bond motifs is 1. The highest BCUT2D eigenvalue weighted by Crippen LogP contribution is 2.47. The minimum absolute atomic E-state index is 0.117. The van der Waals surface area contributed by atoms with E-state index in [9.17, 15) is 9.59 Å². The molecule has 1 aromatic carbocycles. The lowest BCUT2D eigenvalue weighted by Crippen LogP contribution is -2.43. The first-order valence-corrected chi connectivity index (χ1v) is 10.2. The summed E-state index contributed by atoms with van der Waals surface area (Å²) < 4.78 is 0. The Morgan fingerprint density at radius 3 is 2.31 bits per heavy atom. The molecule has 5 rings (SSSR count). The third-order valence-corrected chi connectivity index (χ3v) is 6.71. The van der Waals surface area contributed by atoms with Gasteiger partial charge in [-0.05, 0) is 67.6 Å². The number of carbonyl (C=O) groups is 2. The van der Waals surface area contributed by atoms with Gasteiger partial charge in [0.1, 0.15) is 0 Å². The number of amides is 2. The molecule has 3 atom stereocenters. The van der Waals surface area contributed by atoms with Gasteiger partial charge in [0, 0.05) is 24.5 Å². The Morgan fingerprint density at radius 1 is 1.08 bits per heavy atom. The Kier molecular flexibility index (Phi) is 4.96. The van der Waals surface area contributed by atoms with Crippen molar-refractivity contribution in [2.24, 2.45) is 17.8 Å². The molecule has 4 nitrogen and oxygen atoms in total. The molecule has 26 heavy (non-hydrogen) atoms. The van der Waals surface area contributed by atoms with Crippen LogP contribution >= 0.6 is 11.6 Å². The fourth-order valence-corrected chi connectivity index (χ4v) is 5.70. The average Bonchev–Trinajstić information content (AvgIpc) is 2.78. The highest BCUT2D eigenvalue weighted by molar-refractivity contribution is 6.30. The Bertz CT molecular complexity index is 676. The Hall–Kier alpha value is -1.55. The molecule has 0 aromatic heterocycles. The van der Waals surface area contributed by atoms with Crippen molar-refractivity contribution >= 4 is 23.4 Å². The smallest absolute Gasteiger partial charge is 0.225 e. The molecule has 2 saturated carbocycles. The van der Waals surface area contributed by atoms with Gasteiger partial charge in [-0.3, -0.25) is 9.59 Å². The fourth-order valence-electron chi connectivity index (χ4n) is 5.57. The molecular formula is C21H27ClN2O2. The zero-order valence-electron chi connectivity index (χ0n) is 15.3. The second kappa shape index (κ2) is 7.22. The number of rotatable bonds is 4. The van der Waals surface area contributed by atoms with Gasteiger partial charge in [0.25, 0.3) is 0 Å². The number of carbonyl (C=O) groups excluding carboxylic acids is 2. The van der Waals surface area contributed by atoms with E-state index in [-0.39, 0.29) is 17.9 Å². The molecule has 2 amide bonds. The van der Waals surface area contributed by atoms with Crippen LogP contribution in [0.1, 0.15) is 57.1 Å². The molecule has 2 aliphatic carbocycles. The second-order valence-corrected chi connectivity index (χ2v) is 8.92. The van der Waals surface area contributed by atoms with Gasteiger partial charge in [0.15, 0.2) is 0 Å². The summed E-state index contributed by atoms with van der Waals surface area (Å²) in [5, 5.41) is 3.60. The highest BCUT2D eigenvalue weighted by atomic mass is 35.5. The molecule has 4 fully saturated rings. The van der Waals surface area contributed by atoms with Gasteiger partial charge in [0.05, 0.1) is 12.5 Å². The molecule has 0 radical (unpaired) electrons. The summed E-state index contributed by atoms with van der Waals surface area (Å²) in [7, 11) is 0. The molecule has 2 heterocycles. The van der Waals surface area contributed by atoms with Crippen LogP contribution in [0.5, 0.6) is 0 Å². The molecular weight excluding hydrogens is 348 g/mol. The van der Waals surface area contributed by atoms with Gasteiger partial charge in [0.2, 0.25) is 11.8 Å². The Morgan fingerprint density at radius 2 is 1.69 bits per heavy atom. The van der Waals surface area contributed by atoms with Crippen molar-refractivity contribution in [2.75, 3.05) is 6.54 Å². The van der Waals surface area contributed by atoms with E-state index in [2.05, 4.69) is 10.2 Å². The van der Waals surface area contributed by atoms with Gasteiger partial charge in [-0.25, -0.2) is 0 Å². The first kappa shape index (κ1) is 17.8. The van der Waals surface area contributed by atoms with Crippen molar-refractivity contribution in [3.8, 4) is 0 Å². The summed E-state index contributed by atoms with van der Waals surface area (Å²) in [4.78, 5) is 27.0. The molecule has 0 spiro atoms. The molecule has 1 N–H and O–H groups in total. The van der Waals surface area contributed by atoms with Gasteiger partial charge in [-0.1, -0.05) is 23.7 Å². The van der Waals surface area contributed by atoms with Crippen LogP contribution in [0, 0.1) is 17.8 Å². The monoisotopic (exact) mass is 374 g/mol. The largest absolute Gasteiger partial charge is 0.349 e. The summed E-state index contributed by atoms with van der Waals surface area (Å²) in [6.07, 6.45) is 6.62. The maximum absolute atomic E-state index is 13.2. The van der Waals surface area contributed by atoms with Crippen LogP contribution in [0.25, 0.3) is 0 Å². The minimum atomic E-state index is -0.296. The molecule has 5 heteroatoms. The predicted molar refractivity (Wildman–Crippen MR) is 102 cm³/mol. The molecule has 4 bridgehead atoms. The third kappa shape index (κ3) is 3.75. The normalized spacial score (nSPS) is 30.8. The number of nitrogens with zero attached hydrogens (tertiary/aromatic N) is 1. The predicted octanol–water partition coefficient (Wildman–Crippen LogP) is 3.94. The molecule has 2 aliphatic heterocycles. The van der Waals surface area contributed by atoms with Gasteiger partial charge in [-0.15, -0.1) is 0 Å². The quantitative estimate of drug-likeness (QED) is 0.867. The fraction of sp³-hybridized carbons (Fsp3) is 0.619. The van der Waals surface area contributed by atoms with Crippen molar-refractivity contribution in [3.63, 3.8) is 0 Å². The zero-order chi connectivity index (χ0) is 18.3. The minimum Gasteiger partial charge on any atom is -0.349 e. The van der Waals surface area contributed by atoms with Gasteiger partial charge >= 0.3 is 0 Å². The first-order valence-electron chi connectivity index (χ1n) is 9.80. The lowest BCUT2D eigenvalue weighted by molar-refractivity contribution is -0.134. The standard InChI is InChI=1S/C21H27ClN2O2/c1-13(25)23-20(17-2-4-18(22)5-3-17)11-21(26)24-12-16-7-14-6-15(8-16)10-19(24)9-14/h2-5,14-16,19-20H,6-12H2,1H3,(H,23,25). The number of benzene rings is 1. The summed E-state index contributed by atoms with van der Waals surface area (Å²) in [6.45, 7) is 2.41. The van der Waals surface area contributed by atoms with E-state index in [0.717, 1.165) is 23.9 Å². The van der Waals surface area contributed by atoms with Crippen molar-refractivity contribution < 1.29 is 9.59 Å². The Labute approximate surface area is 160 Å². The van der Waals surface area contributed by atoms with Crippen molar-refractivity contribution in [1.29, 1.82) is 0 Å². The van der Waals surface area contributed by atoms with E-state index in [4.69, 9.17) is 11.6 Å². The van der Waals surface area contributed by atoms with Crippen LogP contribution in [0.15, 0.2) is 24.3 Å². The lowest BCUT2D eigenvalue weighted by atomic mass is 9.68. The van der Waals surface area contributed by atoms with Crippen LogP contribution in [-0.4, -0.2) is 29.3 Å². The Balaban J connectivity index is 1.50. The number of hydrogen-bond acceptors (Lipinski definition) is 2. The summed E-state index contributed by atoms with van der Waals surface area (Å²) in [6, 6.07) is 7.51. The average molecular weight is 375 g/mol. The van der Waals surface area contributed by atoms with Crippen molar-refractivity contribution in [1.82, 2.24) is 10.2 Å². The van der Waals surface area contributed by atoms with Crippen LogP contribution in [-0.2, 0) is 9.59 Å². The third-order valence-electron chi connectivity index (χ3n) is 6.46. The van der Waals surface area contributed by atoms with E-state index in [1.54, 1.807) is 0 Å². The number of nitrogens with one attached hydrogen (secondary N) is 1. The first-order chi connectivity index (χ1) is 12.5. The summed E-state index contributed by atoms with van der Waals surface area (Å²) >= 11 is 5.98. The SMILES string of the molecule is CC(=O)NC(CC(=O)N1CC2CC3CC(C2)CC1C3)c1ccc(Cl)cc1. The highest BCUT2D eigenvalue weighted by Gasteiger charge is 2.44. The van der Waals surface area contributed by atoms with E-state index >= 15 is 0 Å². The molecule has 140 valence electrons. The van der Waals surface area contributed by atoms with E-state index in [1.807, 2.05) is 24.3 Å². The maximum atomic E-state index is 13.2. The van der Waals surface area contributed by atoms with E-state index in [0.29, 0.717) is 23.4 Å². The topological polar surface area (TPSA) is 49.4 Å².